The predicted molar refractivity (Wildman–Crippen MR) is 126 cm³/mol. The number of rotatable bonds is 4. The van der Waals surface area contributed by atoms with Crippen LogP contribution in [-0.2, 0) is 22.7 Å². The molecule has 3 aliphatic heterocycles. The molecular formula is C27H27FN4O3. The molecule has 3 heterocycles. The van der Waals surface area contributed by atoms with Gasteiger partial charge in [-0.25, -0.2) is 4.39 Å². The molecule has 1 unspecified atom stereocenters. The molecule has 2 aromatic rings. The smallest absolute Gasteiger partial charge is 0.255 e. The topological polar surface area (TPSA) is 93.5 Å². The van der Waals surface area contributed by atoms with E-state index >= 15 is 4.39 Å². The minimum Gasteiger partial charge on any atom is -0.322 e. The van der Waals surface area contributed by atoms with Gasteiger partial charge in [-0.1, -0.05) is 24.3 Å². The molecule has 5 rings (SSSR count). The van der Waals surface area contributed by atoms with Crippen LogP contribution in [-0.4, -0.2) is 46.7 Å². The lowest BCUT2D eigenvalue weighted by Crippen LogP contribution is -2.52. The normalized spacial score (nSPS) is 21.1. The second kappa shape index (κ2) is 9.23. The first-order valence-electron chi connectivity index (χ1n) is 12.0. The number of carbonyl (C=O) groups excluding carboxylic acids is 3. The highest BCUT2D eigenvalue weighted by molar-refractivity contribution is 6.05. The van der Waals surface area contributed by atoms with E-state index in [4.69, 9.17) is 0 Å². The zero-order chi connectivity index (χ0) is 24.7. The van der Waals surface area contributed by atoms with Gasteiger partial charge in [-0.2, -0.15) is 5.26 Å². The number of benzene rings is 2. The molecule has 180 valence electrons. The molecule has 0 aliphatic carbocycles. The first kappa shape index (κ1) is 23.2. The van der Waals surface area contributed by atoms with E-state index in [-0.39, 0.29) is 42.9 Å². The second-order valence-corrected chi connectivity index (χ2v) is 9.70. The van der Waals surface area contributed by atoms with Crippen LogP contribution in [0.15, 0.2) is 30.3 Å². The SMILES string of the molecule is Cc1cccc(CN2CCC(c3cc4c(cc3F)C(=O)N(C3CCC(=O)NC3=O)C4)CC2)c1C#N. The Hall–Kier alpha value is -3.57. The van der Waals surface area contributed by atoms with Crippen LogP contribution >= 0.6 is 0 Å². The number of nitriles is 1. The van der Waals surface area contributed by atoms with Crippen molar-refractivity contribution in [2.45, 2.75) is 57.7 Å². The van der Waals surface area contributed by atoms with Crippen LogP contribution in [0.5, 0.6) is 0 Å². The fraction of sp³-hybridized carbons (Fsp3) is 0.407. The van der Waals surface area contributed by atoms with E-state index in [1.54, 1.807) is 6.07 Å². The number of piperidine rings is 2. The van der Waals surface area contributed by atoms with Crippen LogP contribution in [0, 0.1) is 24.1 Å². The third-order valence-electron chi connectivity index (χ3n) is 7.53. The molecular weight excluding hydrogens is 447 g/mol. The van der Waals surface area contributed by atoms with Gasteiger partial charge in [-0.3, -0.25) is 24.6 Å². The average Bonchev–Trinajstić information content (AvgIpc) is 3.14. The zero-order valence-corrected chi connectivity index (χ0v) is 19.6. The maximum Gasteiger partial charge on any atom is 0.255 e. The Morgan fingerprint density at radius 2 is 1.91 bits per heavy atom. The molecule has 0 radical (unpaired) electrons. The Balaban J connectivity index is 1.27. The van der Waals surface area contributed by atoms with Crippen molar-refractivity contribution >= 4 is 17.7 Å². The van der Waals surface area contributed by atoms with Crippen molar-refractivity contribution in [1.82, 2.24) is 15.1 Å². The van der Waals surface area contributed by atoms with Crippen LogP contribution in [0.2, 0.25) is 0 Å². The van der Waals surface area contributed by atoms with Gasteiger partial charge in [0.1, 0.15) is 11.9 Å². The van der Waals surface area contributed by atoms with Crippen LogP contribution in [0.4, 0.5) is 4.39 Å². The Kier molecular flexibility index (Phi) is 6.12. The number of hydrogen-bond donors (Lipinski definition) is 1. The van der Waals surface area contributed by atoms with Gasteiger partial charge >= 0.3 is 0 Å². The van der Waals surface area contributed by atoms with Crippen molar-refractivity contribution in [3.05, 3.63) is 69.5 Å². The minimum atomic E-state index is -0.706. The number of aryl methyl sites for hydroxylation is 1. The van der Waals surface area contributed by atoms with Crippen molar-refractivity contribution in [3.8, 4) is 6.07 Å². The first-order valence-corrected chi connectivity index (χ1v) is 12.0. The van der Waals surface area contributed by atoms with Gasteiger partial charge in [-0.15, -0.1) is 0 Å². The minimum absolute atomic E-state index is 0.0456. The molecule has 8 heteroatoms. The van der Waals surface area contributed by atoms with Crippen LogP contribution in [0.1, 0.15) is 69.8 Å². The summed E-state index contributed by atoms with van der Waals surface area (Å²) >= 11 is 0. The van der Waals surface area contributed by atoms with Crippen LogP contribution in [0.25, 0.3) is 0 Å². The predicted octanol–water partition coefficient (Wildman–Crippen LogP) is 3.15. The summed E-state index contributed by atoms with van der Waals surface area (Å²) < 4.78 is 15.1. The number of likely N-dealkylation sites (tertiary alicyclic amines) is 1. The summed E-state index contributed by atoms with van der Waals surface area (Å²) in [5.74, 6) is -1.50. The molecule has 0 saturated carbocycles. The number of imide groups is 1. The molecule has 1 N–H and O–H groups in total. The van der Waals surface area contributed by atoms with Crippen LogP contribution < -0.4 is 5.32 Å². The summed E-state index contributed by atoms with van der Waals surface area (Å²) in [5, 5.41) is 11.8. The largest absolute Gasteiger partial charge is 0.322 e. The Bertz CT molecular complexity index is 1260. The third kappa shape index (κ3) is 4.32. The molecule has 35 heavy (non-hydrogen) atoms. The molecule has 2 aromatic carbocycles. The highest BCUT2D eigenvalue weighted by Crippen LogP contribution is 2.35. The number of carbonyl (C=O) groups is 3. The number of amides is 3. The lowest BCUT2D eigenvalue weighted by molar-refractivity contribution is -0.136. The maximum absolute atomic E-state index is 15.1. The van der Waals surface area contributed by atoms with Gasteiger partial charge in [0.15, 0.2) is 0 Å². The summed E-state index contributed by atoms with van der Waals surface area (Å²) in [6.45, 7) is 4.47. The van der Waals surface area contributed by atoms with Gasteiger partial charge in [0.25, 0.3) is 5.91 Å². The molecule has 3 amide bonds. The zero-order valence-electron chi connectivity index (χ0n) is 19.6. The molecule has 0 bridgehead atoms. The molecule has 2 saturated heterocycles. The monoisotopic (exact) mass is 474 g/mol. The highest BCUT2D eigenvalue weighted by atomic mass is 19.1. The standard InChI is InChI=1S/C27H27FN4O3/c1-16-3-2-4-18(22(16)13-29)14-31-9-7-17(8-10-31)20-11-19-15-32(27(35)21(19)12-23(20)28)24-5-6-25(33)30-26(24)34/h2-4,11-12,17,24H,5-10,14-15H2,1H3,(H,30,33,34). The van der Waals surface area contributed by atoms with E-state index in [0.717, 1.165) is 48.2 Å². The van der Waals surface area contributed by atoms with Crippen molar-refractivity contribution in [2.75, 3.05) is 13.1 Å². The van der Waals surface area contributed by atoms with Gasteiger partial charge in [-0.05, 0) is 73.5 Å². The quantitative estimate of drug-likeness (QED) is 0.688. The fourth-order valence-electron chi connectivity index (χ4n) is 5.58. The lowest BCUT2D eigenvalue weighted by atomic mass is 9.87. The number of fused-ring (bicyclic) bond motifs is 1. The van der Waals surface area contributed by atoms with Gasteiger partial charge in [0, 0.05) is 25.1 Å². The highest BCUT2D eigenvalue weighted by Gasteiger charge is 2.40. The molecule has 2 fully saturated rings. The summed E-state index contributed by atoms with van der Waals surface area (Å²) in [4.78, 5) is 40.4. The van der Waals surface area contributed by atoms with Gasteiger partial charge in [0.2, 0.25) is 11.8 Å². The van der Waals surface area contributed by atoms with E-state index in [1.807, 2.05) is 25.1 Å². The lowest BCUT2D eigenvalue weighted by Gasteiger charge is -2.32. The van der Waals surface area contributed by atoms with E-state index in [1.165, 1.54) is 11.0 Å². The van der Waals surface area contributed by atoms with E-state index in [2.05, 4.69) is 16.3 Å². The van der Waals surface area contributed by atoms with Crippen molar-refractivity contribution < 1.29 is 18.8 Å². The summed E-state index contributed by atoms with van der Waals surface area (Å²) in [7, 11) is 0. The Labute approximate surface area is 203 Å². The maximum atomic E-state index is 15.1. The van der Waals surface area contributed by atoms with Crippen molar-refractivity contribution in [1.29, 1.82) is 5.26 Å². The number of hydrogen-bond acceptors (Lipinski definition) is 5. The number of halogens is 1. The summed E-state index contributed by atoms with van der Waals surface area (Å²) in [5.41, 5.74) is 4.37. The molecule has 3 aliphatic rings. The Morgan fingerprint density at radius 3 is 2.63 bits per heavy atom. The van der Waals surface area contributed by atoms with E-state index < -0.39 is 11.9 Å². The number of nitrogens with one attached hydrogen (secondary N) is 1. The van der Waals surface area contributed by atoms with Gasteiger partial charge < -0.3 is 4.90 Å². The summed E-state index contributed by atoms with van der Waals surface area (Å²) in [6.07, 6.45) is 2.04. The summed E-state index contributed by atoms with van der Waals surface area (Å²) in [6, 6.07) is 10.6. The van der Waals surface area contributed by atoms with Crippen molar-refractivity contribution in [2.24, 2.45) is 0 Å². The van der Waals surface area contributed by atoms with Gasteiger partial charge in [0.05, 0.1) is 11.6 Å². The fourth-order valence-corrected chi connectivity index (χ4v) is 5.58. The molecule has 0 aromatic heterocycles. The van der Waals surface area contributed by atoms with E-state index in [0.29, 0.717) is 17.7 Å². The van der Waals surface area contributed by atoms with Crippen LogP contribution in [0.3, 0.4) is 0 Å². The first-order chi connectivity index (χ1) is 16.9. The molecule has 0 spiro atoms. The third-order valence-corrected chi connectivity index (χ3v) is 7.53. The molecule has 1 atom stereocenters. The average molecular weight is 475 g/mol. The second-order valence-electron chi connectivity index (χ2n) is 9.70. The molecule has 7 nitrogen and oxygen atoms in total. The Morgan fingerprint density at radius 1 is 1.14 bits per heavy atom. The number of nitrogens with zero attached hydrogens (tertiary/aromatic N) is 3. The van der Waals surface area contributed by atoms with Crippen molar-refractivity contribution in [3.63, 3.8) is 0 Å². The van der Waals surface area contributed by atoms with E-state index in [9.17, 15) is 19.6 Å².